The number of carbonyl (C=O) groups is 2. The SMILES string of the molecule is CC(C)(C)OC(=O)N1CCN(c2nnc(-c3ccccc3)c3cc(Cl)c(Cl)cc23)CC1.O=C(O)N1CCN(c2nnc(Cl)c3cc(Cl)c(Cl)cc23)CC1. The van der Waals surface area contributed by atoms with Gasteiger partial charge in [-0.05, 0) is 45.0 Å². The van der Waals surface area contributed by atoms with E-state index in [9.17, 15) is 9.59 Å². The number of halogens is 5. The lowest BCUT2D eigenvalue weighted by molar-refractivity contribution is 0.0240. The van der Waals surface area contributed by atoms with Crippen LogP contribution in [-0.2, 0) is 4.74 Å². The first kappa shape index (κ1) is 38.6. The maximum atomic E-state index is 12.4. The van der Waals surface area contributed by atoms with Crippen LogP contribution in [0.25, 0.3) is 32.8 Å². The van der Waals surface area contributed by atoms with E-state index in [0.29, 0.717) is 83.7 Å². The first-order valence-electron chi connectivity index (χ1n) is 16.7. The Morgan fingerprint density at radius 3 is 1.58 bits per heavy atom. The van der Waals surface area contributed by atoms with E-state index in [2.05, 4.69) is 25.3 Å². The van der Waals surface area contributed by atoms with Crippen molar-refractivity contribution in [2.75, 3.05) is 62.2 Å². The van der Waals surface area contributed by atoms with Gasteiger partial charge in [-0.1, -0.05) is 88.3 Å². The van der Waals surface area contributed by atoms with Gasteiger partial charge in [0.05, 0.1) is 20.1 Å². The van der Waals surface area contributed by atoms with Crippen LogP contribution in [0.2, 0.25) is 25.2 Å². The van der Waals surface area contributed by atoms with Crippen molar-refractivity contribution >= 4 is 103 Å². The van der Waals surface area contributed by atoms with Gasteiger partial charge in [0.2, 0.25) is 0 Å². The van der Waals surface area contributed by atoms with Crippen LogP contribution >= 0.6 is 58.0 Å². The fourth-order valence-corrected chi connectivity index (χ4v) is 6.90. The monoisotopic (exact) mass is 818 g/mol. The average molecular weight is 821 g/mol. The zero-order chi connectivity index (χ0) is 38.0. The molecule has 5 aromatic rings. The second-order valence-corrected chi connectivity index (χ2v) is 15.4. The topological polar surface area (TPSA) is 128 Å². The summed E-state index contributed by atoms with van der Waals surface area (Å²) in [4.78, 5) is 30.5. The van der Waals surface area contributed by atoms with Gasteiger partial charge in [0.15, 0.2) is 16.8 Å². The van der Waals surface area contributed by atoms with Gasteiger partial charge >= 0.3 is 12.2 Å². The summed E-state index contributed by atoms with van der Waals surface area (Å²) in [5, 5.41) is 31.4. The van der Waals surface area contributed by atoms with Crippen molar-refractivity contribution in [2.45, 2.75) is 26.4 Å². The van der Waals surface area contributed by atoms with E-state index in [-0.39, 0.29) is 11.2 Å². The second kappa shape index (κ2) is 16.1. The molecule has 17 heteroatoms. The van der Waals surface area contributed by atoms with Gasteiger partial charge in [0, 0.05) is 79.5 Å². The molecule has 278 valence electrons. The van der Waals surface area contributed by atoms with E-state index in [4.69, 9.17) is 67.8 Å². The number of hydrogen-bond donors (Lipinski definition) is 1. The maximum absolute atomic E-state index is 12.4. The predicted molar refractivity (Wildman–Crippen MR) is 211 cm³/mol. The van der Waals surface area contributed by atoms with Crippen molar-refractivity contribution in [1.29, 1.82) is 0 Å². The van der Waals surface area contributed by atoms with Crippen LogP contribution in [-0.4, -0.2) is 105 Å². The summed E-state index contributed by atoms with van der Waals surface area (Å²) >= 11 is 30.9. The Kier molecular flexibility index (Phi) is 11.8. The number of nitrogens with zero attached hydrogens (tertiary/aromatic N) is 8. The smallest absolute Gasteiger partial charge is 0.410 e. The summed E-state index contributed by atoms with van der Waals surface area (Å²) in [6.07, 6.45) is -1.21. The Morgan fingerprint density at radius 1 is 0.623 bits per heavy atom. The molecule has 7 rings (SSSR count). The number of benzene rings is 3. The molecule has 2 saturated heterocycles. The molecular formula is C36H35Cl5N8O4. The first-order chi connectivity index (χ1) is 25.2. The van der Waals surface area contributed by atoms with Crippen LogP contribution < -0.4 is 9.80 Å². The van der Waals surface area contributed by atoms with Gasteiger partial charge in [-0.15, -0.1) is 20.4 Å². The Morgan fingerprint density at radius 2 is 1.08 bits per heavy atom. The van der Waals surface area contributed by atoms with Gasteiger partial charge < -0.3 is 29.4 Å². The third-order valence-electron chi connectivity index (χ3n) is 8.69. The van der Waals surface area contributed by atoms with E-state index in [1.807, 2.05) is 68.1 Å². The van der Waals surface area contributed by atoms with E-state index in [0.717, 1.165) is 33.2 Å². The molecule has 0 radical (unpaired) electrons. The molecular weight excluding hydrogens is 786 g/mol. The second-order valence-electron chi connectivity index (χ2n) is 13.4. The van der Waals surface area contributed by atoms with Crippen molar-refractivity contribution < 1.29 is 19.4 Å². The van der Waals surface area contributed by atoms with Gasteiger partial charge in [-0.3, -0.25) is 0 Å². The van der Waals surface area contributed by atoms with Crippen molar-refractivity contribution in [2.24, 2.45) is 0 Å². The van der Waals surface area contributed by atoms with E-state index in [1.54, 1.807) is 17.0 Å². The molecule has 3 aromatic carbocycles. The van der Waals surface area contributed by atoms with Gasteiger partial charge in [0.1, 0.15) is 11.3 Å². The minimum absolute atomic E-state index is 0.251. The standard InChI is InChI=1S/C23H24Cl2N4O2.C13H11Cl3N4O2/c1-23(2,3)31-22(30)29-11-9-28(10-12-29)21-17-14-19(25)18(24)13-16(17)20(26-27-21)15-7-5-4-6-8-15;14-9-5-7-8(6-10(9)15)12(18-17-11(7)16)19-1-3-20(4-2-19)13(21)22/h4-8,13-14H,9-12H2,1-3H3;5-6H,1-4H2,(H,21,22). The number of ether oxygens (including phenoxy) is 1. The van der Waals surface area contributed by atoms with E-state index >= 15 is 0 Å². The number of amides is 2. The molecule has 2 aromatic heterocycles. The molecule has 53 heavy (non-hydrogen) atoms. The highest BCUT2D eigenvalue weighted by atomic mass is 35.5. The summed E-state index contributed by atoms with van der Waals surface area (Å²) in [5.74, 6) is 1.36. The number of hydrogen-bond acceptors (Lipinski definition) is 9. The molecule has 2 fully saturated rings. The third-order valence-corrected chi connectivity index (χ3v) is 10.4. The van der Waals surface area contributed by atoms with Crippen molar-refractivity contribution in [3.8, 4) is 11.3 Å². The van der Waals surface area contributed by atoms with Crippen LogP contribution in [0.3, 0.4) is 0 Å². The number of anilines is 2. The predicted octanol–water partition coefficient (Wildman–Crippen LogP) is 9.05. The third kappa shape index (κ3) is 8.84. The summed E-state index contributed by atoms with van der Waals surface area (Å²) in [5.41, 5.74) is 1.20. The first-order valence-corrected chi connectivity index (χ1v) is 18.6. The minimum Gasteiger partial charge on any atom is -0.465 e. The quantitative estimate of drug-likeness (QED) is 0.188. The molecule has 0 aliphatic carbocycles. The Bertz CT molecular complexity index is 2160. The van der Waals surface area contributed by atoms with Crippen LogP contribution in [0.1, 0.15) is 20.8 Å². The van der Waals surface area contributed by atoms with Gasteiger partial charge in [0.25, 0.3) is 0 Å². The number of fused-ring (bicyclic) bond motifs is 2. The number of carbonyl (C=O) groups excluding carboxylic acids is 1. The van der Waals surface area contributed by atoms with Gasteiger partial charge in [-0.2, -0.15) is 0 Å². The molecule has 12 nitrogen and oxygen atoms in total. The fraction of sp³-hybridized carbons (Fsp3) is 0.333. The highest BCUT2D eigenvalue weighted by Gasteiger charge is 2.28. The van der Waals surface area contributed by atoms with Crippen LogP contribution in [0.5, 0.6) is 0 Å². The zero-order valence-electron chi connectivity index (χ0n) is 29.0. The molecule has 2 amide bonds. The summed E-state index contributed by atoms with van der Waals surface area (Å²) in [6, 6.07) is 16.9. The Hall–Kier alpha value is -4.07. The maximum Gasteiger partial charge on any atom is 0.410 e. The van der Waals surface area contributed by atoms with Crippen LogP contribution in [0.15, 0.2) is 54.6 Å². The number of piperazine rings is 2. The Labute approximate surface area is 331 Å². The molecule has 0 saturated carbocycles. The summed E-state index contributed by atoms with van der Waals surface area (Å²) < 4.78 is 5.49. The summed E-state index contributed by atoms with van der Waals surface area (Å²) in [7, 11) is 0. The molecule has 2 aliphatic heterocycles. The zero-order valence-corrected chi connectivity index (χ0v) is 32.8. The molecule has 2 aliphatic rings. The fourth-order valence-electron chi connectivity index (χ4n) is 6.05. The van der Waals surface area contributed by atoms with Crippen molar-refractivity contribution in [3.63, 3.8) is 0 Å². The molecule has 0 spiro atoms. The van der Waals surface area contributed by atoms with Gasteiger partial charge in [-0.25, -0.2) is 9.59 Å². The summed E-state index contributed by atoms with van der Waals surface area (Å²) in [6.45, 7) is 9.78. The highest BCUT2D eigenvalue weighted by Crippen LogP contribution is 2.38. The van der Waals surface area contributed by atoms with E-state index < -0.39 is 11.7 Å². The minimum atomic E-state index is -0.915. The normalized spacial score (nSPS) is 15.0. The average Bonchev–Trinajstić information content (AvgIpc) is 3.13. The molecule has 0 unspecified atom stereocenters. The van der Waals surface area contributed by atoms with Crippen molar-refractivity contribution in [3.05, 3.63) is 79.8 Å². The number of carboxylic acid groups (broad SMARTS) is 1. The number of aromatic nitrogens is 4. The molecule has 0 bridgehead atoms. The lowest BCUT2D eigenvalue weighted by atomic mass is 10.0. The molecule has 4 heterocycles. The van der Waals surface area contributed by atoms with Crippen LogP contribution in [0.4, 0.5) is 21.2 Å². The lowest BCUT2D eigenvalue weighted by Crippen LogP contribution is -2.50. The molecule has 1 N–H and O–H groups in total. The number of rotatable bonds is 3. The lowest BCUT2D eigenvalue weighted by Gasteiger charge is -2.36. The highest BCUT2D eigenvalue weighted by molar-refractivity contribution is 6.44. The van der Waals surface area contributed by atoms with E-state index in [1.165, 1.54) is 4.90 Å². The molecule has 0 atom stereocenters. The largest absolute Gasteiger partial charge is 0.465 e. The van der Waals surface area contributed by atoms with Crippen LogP contribution in [0, 0.1) is 0 Å². The van der Waals surface area contributed by atoms with Crippen molar-refractivity contribution in [1.82, 2.24) is 30.2 Å². The Balaban J connectivity index is 0.000000192.